The number of rotatable bonds is 0. The van der Waals surface area contributed by atoms with E-state index < -0.39 is 0 Å². The molecule has 0 N–H and O–H groups in total. The van der Waals surface area contributed by atoms with Crippen molar-refractivity contribution < 1.29 is 0 Å². The number of benzene rings is 7. The van der Waals surface area contributed by atoms with Crippen molar-refractivity contribution in [2.45, 2.75) is 0 Å². The van der Waals surface area contributed by atoms with Gasteiger partial charge < -0.3 is 0 Å². The lowest BCUT2D eigenvalue weighted by Crippen LogP contribution is -1.79. The molecule has 0 spiro atoms. The van der Waals surface area contributed by atoms with Crippen molar-refractivity contribution >= 4 is 97.0 Å². The molecule has 0 nitrogen and oxygen atoms in total. The Morgan fingerprint density at radius 2 is 0.625 bits per heavy atom. The molecule has 0 heterocycles. The molecule has 10 aromatic carbocycles. The van der Waals surface area contributed by atoms with Gasteiger partial charge in [0.15, 0.2) is 0 Å². The Morgan fingerprint density at radius 3 is 1.12 bits per heavy atom. The van der Waals surface area contributed by atoms with Gasteiger partial charge in [0.05, 0.1) is 0 Å². The summed E-state index contributed by atoms with van der Waals surface area (Å²) in [5.41, 5.74) is 0. The molecule has 0 aliphatic heterocycles. The second-order valence-corrected chi connectivity index (χ2v) is 9.61. The summed E-state index contributed by atoms with van der Waals surface area (Å²) in [7, 11) is 0. The highest BCUT2D eigenvalue weighted by atomic mass is 14.3. The third kappa shape index (κ3) is 1.27. The highest BCUT2D eigenvalue weighted by molar-refractivity contribution is 6.58. The quantitative estimate of drug-likeness (QED) is 0.223. The van der Waals surface area contributed by atoms with Crippen LogP contribution in [0.2, 0.25) is 0 Å². The average Bonchev–Trinajstić information content (AvgIpc) is 3.47. The van der Waals surface area contributed by atoms with Crippen LogP contribution in [0.15, 0.2) is 84.9 Å². The van der Waals surface area contributed by atoms with Crippen molar-refractivity contribution in [1.29, 1.82) is 0 Å². The topological polar surface area (TPSA) is 0 Å². The zero-order chi connectivity index (χ0) is 20.3. The fourth-order valence-electron chi connectivity index (χ4n) is 7.31. The molecule has 0 bridgehead atoms. The van der Waals surface area contributed by atoms with Gasteiger partial charge in [0.1, 0.15) is 0 Å². The van der Waals surface area contributed by atoms with Gasteiger partial charge in [0.25, 0.3) is 0 Å². The van der Waals surface area contributed by atoms with Crippen molar-refractivity contribution in [3.63, 3.8) is 0 Å². The molecule has 0 radical (unpaired) electrons. The average molecular weight is 398 g/mol. The molecule has 32 heavy (non-hydrogen) atoms. The van der Waals surface area contributed by atoms with Crippen molar-refractivity contribution in [3.8, 4) is 0 Å². The molecule has 142 valence electrons. The summed E-state index contributed by atoms with van der Waals surface area (Å²) in [6.45, 7) is 0. The summed E-state index contributed by atoms with van der Waals surface area (Å²) in [5.74, 6) is 0. The molecule has 0 heteroatoms. The molecule has 0 unspecified atom stereocenters. The third-order valence-corrected chi connectivity index (χ3v) is 8.36. The molecular formula is C32H14. The number of hydrogen-bond acceptors (Lipinski definition) is 0. The first-order valence-electron chi connectivity index (χ1n) is 11.4. The Balaban J connectivity index is 1.81. The van der Waals surface area contributed by atoms with Crippen molar-refractivity contribution in [1.82, 2.24) is 0 Å². The summed E-state index contributed by atoms with van der Waals surface area (Å²) in [6, 6.07) is 32.3. The molecule has 0 saturated heterocycles. The van der Waals surface area contributed by atoms with Crippen LogP contribution < -0.4 is 0 Å². The minimum atomic E-state index is 1.36. The fraction of sp³-hybridized carbons (Fsp3) is 0. The van der Waals surface area contributed by atoms with E-state index in [-0.39, 0.29) is 0 Å². The van der Waals surface area contributed by atoms with Gasteiger partial charge >= 0.3 is 0 Å². The lowest BCUT2D eigenvalue weighted by atomic mass is 9.94. The molecule has 0 amide bonds. The van der Waals surface area contributed by atoms with Crippen LogP contribution in [-0.2, 0) is 0 Å². The summed E-state index contributed by atoms with van der Waals surface area (Å²) < 4.78 is 0. The standard InChI is InChI=1S/C32H14/c1-3-7-20-18(5-1)22-13-16-11-9-15-10-12-17-14-23-19-6-2-4-8-21(19)28-27(20)29(22)31-25(16)24(15)26(17)32(31)30(23)28/h1-14H. The van der Waals surface area contributed by atoms with Gasteiger partial charge in [-0.2, -0.15) is 0 Å². The van der Waals surface area contributed by atoms with Gasteiger partial charge in [0, 0.05) is 0 Å². The first-order chi connectivity index (χ1) is 15.9. The highest BCUT2D eigenvalue weighted by Gasteiger charge is 2.28. The van der Waals surface area contributed by atoms with Gasteiger partial charge in [-0.3, -0.25) is 0 Å². The molecule has 0 atom stereocenters. The normalized spacial score (nSPS) is 13.6. The molecule has 0 saturated carbocycles. The van der Waals surface area contributed by atoms with Gasteiger partial charge in [-0.05, 0) is 109 Å². The largest absolute Gasteiger partial charge is 0.0616 e. The maximum absolute atomic E-state index is 2.46. The van der Waals surface area contributed by atoms with E-state index in [4.69, 9.17) is 0 Å². The van der Waals surface area contributed by atoms with Crippen LogP contribution >= 0.6 is 0 Å². The van der Waals surface area contributed by atoms with Gasteiger partial charge in [-0.25, -0.2) is 0 Å². The minimum Gasteiger partial charge on any atom is -0.0616 e. The molecule has 0 aliphatic rings. The van der Waals surface area contributed by atoms with E-state index >= 15 is 0 Å². The zero-order valence-electron chi connectivity index (χ0n) is 17.1. The van der Waals surface area contributed by atoms with Crippen molar-refractivity contribution in [2.24, 2.45) is 0 Å². The van der Waals surface area contributed by atoms with Crippen LogP contribution in [0.5, 0.6) is 0 Å². The van der Waals surface area contributed by atoms with E-state index in [0.717, 1.165) is 0 Å². The number of hydrogen-bond donors (Lipinski definition) is 0. The molecular weight excluding hydrogens is 384 g/mol. The predicted molar refractivity (Wildman–Crippen MR) is 140 cm³/mol. The van der Waals surface area contributed by atoms with Crippen LogP contribution in [0.3, 0.4) is 0 Å². The van der Waals surface area contributed by atoms with Crippen LogP contribution in [0.25, 0.3) is 97.0 Å². The zero-order valence-corrected chi connectivity index (χ0v) is 17.1. The van der Waals surface area contributed by atoms with E-state index in [1.165, 1.54) is 97.0 Å². The Hall–Kier alpha value is -4.16. The molecule has 10 aromatic rings. The Bertz CT molecular complexity index is 2170. The first kappa shape index (κ1) is 14.8. The molecule has 0 aromatic heterocycles. The summed E-state index contributed by atoms with van der Waals surface area (Å²) in [4.78, 5) is 0. The lowest BCUT2D eigenvalue weighted by Gasteiger charge is -2.08. The van der Waals surface area contributed by atoms with E-state index in [2.05, 4.69) is 84.9 Å². The Morgan fingerprint density at radius 1 is 0.250 bits per heavy atom. The molecule has 10 rings (SSSR count). The predicted octanol–water partition coefficient (Wildman–Crippen LogP) is 9.25. The lowest BCUT2D eigenvalue weighted by molar-refractivity contribution is 1.86. The second kappa shape index (κ2) is 4.40. The smallest absolute Gasteiger partial charge is 0.0000699 e. The highest BCUT2D eigenvalue weighted by Crippen LogP contribution is 2.57. The summed E-state index contributed by atoms with van der Waals surface area (Å²) in [5, 5.41) is 25.7. The molecule has 0 aliphatic carbocycles. The molecule has 0 fully saturated rings. The van der Waals surface area contributed by atoms with Crippen LogP contribution in [0.1, 0.15) is 0 Å². The van der Waals surface area contributed by atoms with E-state index in [0.29, 0.717) is 0 Å². The fourth-order valence-corrected chi connectivity index (χ4v) is 7.31. The van der Waals surface area contributed by atoms with Gasteiger partial charge in [0.2, 0.25) is 0 Å². The van der Waals surface area contributed by atoms with E-state index in [1.807, 2.05) is 0 Å². The monoisotopic (exact) mass is 398 g/mol. The van der Waals surface area contributed by atoms with Crippen molar-refractivity contribution in [2.75, 3.05) is 0 Å². The van der Waals surface area contributed by atoms with Gasteiger partial charge in [-0.1, -0.05) is 72.8 Å². The Labute approximate surface area is 181 Å². The number of fused-ring (bicyclic) bond motifs is 7. The maximum Gasteiger partial charge on any atom is -0.0000699 e. The Kier molecular flexibility index (Phi) is 2.03. The van der Waals surface area contributed by atoms with Crippen molar-refractivity contribution in [3.05, 3.63) is 84.9 Å². The second-order valence-electron chi connectivity index (χ2n) is 9.61. The van der Waals surface area contributed by atoms with Crippen LogP contribution in [0, 0.1) is 0 Å². The first-order valence-corrected chi connectivity index (χ1v) is 11.4. The van der Waals surface area contributed by atoms with Crippen LogP contribution in [0.4, 0.5) is 0 Å². The maximum atomic E-state index is 2.46. The van der Waals surface area contributed by atoms with Gasteiger partial charge in [-0.15, -0.1) is 0 Å². The summed E-state index contributed by atoms with van der Waals surface area (Å²) in [6.07, 6.45) is 0. The summed E-state index contributed by atoms with van der Waals surface area (Å²) >= 11 is 0. The van der Waals surface area contributed by atoms with E-state index in [9.17, 15) is 0 Å². The third-order valence-electron chi connectivity index (χ3n) is 8.36. The van der Waals surface area contributed by atoms with E-state index in [1.54, 1.807) is 0 Å². The minimum absolute atomic E-state index is 1.36. The van der Waals surface area contributed by atoms with Crippen LogP contribution in [-0.4, -0.2) is 0 Å². The SMILES string of the molecule is c1ccc2c(c1)c1cc3ccc4ccc5cc6c7ccccc7c7c2c1c1c3c4c5c1c67.